The summed E-state index contributed by atoms with van der Waals surface area (Å²) < 4.78 is 0. The van der Waals surface area contributed by atoms with Crippen molar-refractivity contribution < 1.29 is 0 Å². The van der Waals surface area contributed by atoms with Crippen LogP contribution >= 0.6 is 0 Å². The Hall–Kier alpha value is -0.850. The second-order valence-electron chi connectivity index (χ2n) is 4.40. The normalized spacial score (nSPS) is 31.1. The van der Waals surface area contributed by atoms with Gasteiger partial charge in [-0.25, -0.2) is 0 Å². The van der Waals surface area contributed by atoms with Gasteiger partial charge in [0.05, 0.1) is 0 Å². The van der Waals surface area contributed by atoms with Crippen molar-refractivity contribution in [2.45, 2.75) is 38.0 Å². The van der Waals surface area contributed by atoms with E-state index in [2.05, 4.69) is 17.1 Å². The van der Waals surface area contributed by atoms with Gasteiger partial charge in [-0.15, -0.1) is 0 Å². The van der Waals surface area contributed by atoms with E-state index in [0.29, 0.717) is 0 Å². The van der Waals surface area contributed by atoms with Gasteiger partial charge in [-0.05, 0) is 36.8 Å². The van der Waals surface area contributed by atoms with E-state index in [-0.39, 0.29) is 0 Å². The molecule has 0 saturated heterocycles. The van der Waals surface area contributed by atoms with Crippen LogP contribution in [0.1, 0.15) is 42.9 Å². The molecule has 1 saturated carbocycles. The summed E-state index contributed by atoms with van der Waals surface area (Å²) in [5.41, 5.74) is 2.95. The first-order chi connectivity index (χ1) is 6.45. The topological polar surface area (TPSA) is 12.9 Å². The van der Waals surface area contributed by atoms with E-state index >= 15 is 0 Å². The van der Waals surface area contributed by atoms with E-state index in [1.165, 1.54) is 43.4 Å². The molecule has 2 unspecified atom stereocenters. The number of aromatic nitrogens is 1. The Morgan fingerprint density at radius 3 is 3.15 bits per heavy atom. The molecule has 0 aliphatic heterocycles. The summed E-state index contributed by atoms with van der Waals surface area (Å²) in [6.07, 6.45) is 8.92. The number of nitrogens with zero attached hydrogens (tertiary/aromatic N) is 1. The fraction of sp³-hybridized carbons (Fsp3) is 0.583. The molecule has 1 aromatic rings. The summed E-state index contributed by atoms with van der Waals surface area (Å²) in [6, 6.07) is 4.34. The molecule has 0 N–H and O–H groups in total. The van der Waals surface area contributed by atoms with Gasteiger partial charge in [-0.3, -0.25) is 4.98 Å². The predicted molar refractivity (Wildman–Crippen MR) is 52.6 cm³/mol. The lowest BCUT2D eigenvalue weighted by Crippen LogP contribution is -2.13. The number of fused-ring (bicyclic) bond motifs is 3. The minimum atomic E-state index is 0.810. The van der Waals surface area contributed by atoms with Gasteiger partial charge in [0.1, 0.15) is 0 Å². The van der Waals surface area contributed by atoms with Crippen LogP contribution in [0.15, 0.2) is 18.3 Å². The molecule has 0 bridgehead atoms. The maximum Gasteiger partial charge on any atom is 0.0469 e. The first kappa shape index (κ1) is 7.54. The van der Waals surface area contributed by atoms with Crippen molar-refractivity contribution >= 4 is 0 Å². The van der Waals surface area contributed by atoms with E-state index < -0.39 is 0 Å². The summed E-state index contributed by atoms with van der Waals surface area (Å²) in [6.45, 7) is 0. The molecule has 3 rings (SSSR count). The van der Waals surface area contributed by atoms with Crippen LogP contribution in [0, 0.1) is 5.92 Å². The largest absolute Gasteiger partial charge is 0.261 e. The Bertz CT molecular complexity index is 319. The van der Waals surface area contributed by atoms with Crippen molar-refractivity contribution in [1.29, 1.82) is 0 Å². The Kier molecular flexibility index (Phi) is 1.64. The number of hydrogen-bond donors (Lipinski definition) is 0. The van der Waals surface area contributed by atoms with Crippen molar-refractivity contribution in [1.82, 2.24) is 4.98 Å². The quantitative estimate of drug-likeness (QED) is 0.588. The lowest BCUT2D eigenvalue weighted by Gasteiger charge is -2.24. The summed E-state index contributed by atoms with van der Waals surface area (Å²) in [4.78, 5) is 4.54. The summed E-state index contributed by atoms with van der Waals surface area (Å²) in [5.74, 6) is 1.74. The Labute approximate surface area is 79.2 Å². The molecule has 2 aliphatic rings. The maximum absolute atomic E-state index is 4.54. The molecule has 0 spiro atoms. The van der Waals surface area contributed by atoms with Crippen LogP contribution in [0.3, 0.4) is 0 Å². The van der Waals surface area contributed by atoms with Crippen LogP contribution in [0.25, 0.3) is 0 Å². The van der Waals surface area contributed by atoms with E-state index in [9.17, 15) is 0 Å². The van der Waals surface area contributed by atoms with Crippen LogP contribution in [0.2, 0.25) is 0 Å². The van der Waals surface area contributed by atoms with E-state index in [0.717, 1.165) is 11.8 Å². The van der Waals surface area contributed by atoms with Crippen LogP contribution in [0.4, 0.5) is 0 Å². The third kappa shape index (κ3) is 1.10. The minimum Gasteiger partial charge on any atom is -0.261 e. The molecule has 1 nitrogen and oxygen atoms in total. The van der Waals surface area contributed by atoms with Crippen molar-refractivity contribution in [3.8, 4) is 0 Å². The number of pyridine rings is 1. The molecule has 2 aliphatic carbocycles. The van der Waals surface area contributed by atoms with Gasteiger partial charge >= 0.3 is 0 Å². The van der Waals surface area contributed by atoms with Gasteiger partial charge in [0.25, 0.3) is 0 Å². The molecular weight excluding hydrogens is 158 g/mol. The van der Waals surface area contributed by atoms with E-state index in [4.69, 9.17) is 0 Å². The third-order valence-electron chi connectivity index (χ3n) is 3.67. The van der Waals surface area contributed by atoms with Crippen LogP contribution in [0.5, 0.6) is 0 Å². The van der Waals surface area contributed by atoms with Crippen LogP contribution < -0.4 is 0 Å². The van der Waals surface area contributed by atoms with Crippen molar-refractivity contribution in [2.24, 2.45) is 5.92 Å². The molecule has 1 aromatic heterocycles. The zero-order valence-corrected chi connectivity index (χ0v) is 7.87. The third-order valence-corrected chi connectivity index (χ3v) is 3.67. The Balaban J connectivity index is 2.01. The van der Waals surface area contributed by atoms with Gasteiger partial charge < -0.3 is 0 Å². The van der Waals surface area contributed by atoms with Gasteiger partial charge in [-0.1, -0.05) is 18.9 Å². The monoisotopic (exact) mass is 173 g/mol. The van der Waals surface area contributed by atoms with Crippen molar-refractivity contribution in [2.75, 3.05) is 0 Å². The lowest BCUT2D eigenvalue weighted by molar-refractivity contribution is 0.327. The Morgan fingerprint density at radius 1 is 1.23 bits per heavy atom. The summed E-state index contributed by atoms with van der Waals surface area (Å²) in [7, 11) is 0. The fourth-order valence-corrected chi connectivity index (χ4v) is 3.05. The lowest BCUT2D eigenvalue weighted by atomic mass is 9.81. The number of hydrogen-bond acceptors (Lipinski definition) is 1. The zero-order chi connectivity index (χ0) is 8.67. The summed E-state index contributed by atoms with van der Waals surface area (Å²) in [5, 5.41) is 0. The molecule has 2 atom stereocenters. The molecule has 1 heteroatoms. The highest BCUT2D eigenvalue weighted by atomic mass is 14.7. The highest BCUT2D eigenvalue weighted by Gasteiger charge is 2.34. The Morgan fingerprint density at radius 2 is 2.15 bits per heavy atom. The molecule has 0 amide bonds. The second kappa shape index (κ2) is 2.83. The zero-order valence-electron chi connectivity index (χ0n) is 7.87. The first-order valence-corrected chi connectivity index (χ1v) is 5.39. The predicted octanol–water partition coefficient (Wildman–Crippen LogP) is 2.91. The smallest absolute Gasteiger partial charge is 0.0469 e. The maximum atomic E-state index is 4.54. The van der Waals surface area contributed by atoms with Gasteiger partial charge in [-0.2, -0.15) is 0 Å². The van der Waals surface area contributed by atoms with E-state index in [1.54, 1.807) is 0 Å². The summed E-state index contributed by atoms with van der Waals surface area (Å²) >= 11 is 0. The minimum absolute atomic E-state index is 0.810. The molecule has 1 heterocycles. The fourth-order valence-electron chi connectivity index (χ4n) is 3.05. The molecule has 0 radical (unpaired) electrons. The average molecular weight is 173 g/mol. The molecular formula is C12H15N. The highest BCUT2D eigenvalue weighted by Crippen LogP contribution is 2.45. The standard InChI is InChI=1S/C12H15N/c1-2-6-11-9(4-1)8-10-5-3-7-13-12(10)11/h3,5,7,9,11H,1-2,4,6,8H2. The van der Waals surface area contributed by atoms with E-state index in [1.807, 2.05) is 6.20 Å². The molecule has 1 fully saturated rings. The van der Waals surface area contributed by atoms with Gasteiger partial charge in [0.2, 0.25) is 0 Å². The van der Waals surface area contributed by atoms with Crippen LogP contribution in [-0.2, 0) is 6.42 Å². The number of rotatable bonds is 0. The highest BCUT2D eigenvalue weighted by molar-refractivity contribution is 5.30. The van der Waals surface area contributed by atoms with Gasteiger partial charge in [0, 0.05) is 17.8 Å². The first-order valence-electron chi connectivity index (χ1n) is 5.39. The van der Waals surface area contributed by atoms with Crippen LogP contribution in [-0.4, -0.2) is 4.98 Å². The molecule has 13 heavy (non-hydrogen) atoms. The van der Waals surface area contributed by atoms with Gasteiger partial charge in [0.15, 0.2) is 0 Å². The average Bonchev–Trinajstić information content (AvgIpc) is 2.56. The second-order valence-corrected chi connectivity index (χ2v) is 4.40. The van der Waals surface area contributed by atoms with Crippen molar-refractivity contribution in [3.05, 3.63) is 29.6 Å². The molecule has 68 valence electrons. The van der Waals surface area contributed by atoms with Crippen molar-refractivity contribution in [3.63, 3.8) is 0 Å². The SMILES string of the molecule is c1cnc2c(c1)CC1CCCCC21. The molecule has 0 aromatic carbocycles.